The molecular formula is C25H25N5O. The number of aromatic nitrogens is 3. The van der Waals surface area contributed by atoms with E-state index in [1.165, 1.54) is 22.0 Å². The van der Waals surface area contributed by atoms with Crippen molar-refractivity contribution in [3.63, 3.8) is 0 Å². The van der Waals surface area contributed by atoms with Gasteiger partial charge in [-0.2, -0.15) is 5.10 Å². The van der Waals surface area contributed by atoms with Gasteiger partial charge >= 0.3 is 0 Å². The van der Waals surface area contributed by atoms with Crippen LogP contribution in [0.3, 0.4) is 0 Å². The minimum atomic E-state index is 0.752. The number of hydrogen-bond donors (Lipinski definition) is 0. The van der Waals surface area contributed by atoms with Gasteiger partial charge in [0.05, 0.1) is 12.8 Å². The highest BCUT2D eigenvalue weighted by Gasteiger charge is 2.21. The van der Waals surface area contributed by atoms with Crippen molar-refractivity contribution < 1.29 is 4.74 Å². The van der Waals surface area contributed by atoms with Gasteiger partial charge in [0, 0.05) is 61.5 Å². The minimum absolute atomic E-state index is 0.752. The molecule has 2 aromatic heterocycles. The molecule has 1 aliphatic rings. The van der Waals surface area contributed by atoms with Crippen LogP contribution >= 0.6 is 0 Å². The summed E-state index contributed by atoms with van der Waals surface area (Å²) in [4.78, 5) is 8.87. The minimum Gasteiger partial charge on any atom is -0.497 e. The number of anilines is 2. The maximum Gasteiger partial charge on any atom is 0.159 e. The molecule has 0 aliphatic carbocycles. The van der Waals surface area contributed by atoms with Gasteiger partial charge in [0.25, 0.3) is 0 Å². The van der Waals surface area contributed by atoms with Crippen LogP contribution in [0.25, 0.3) is 10.8 Å². The lowest BCUT2D eigenvalue weighted by atomic mass is 10.0. The zero-order chi connectivity index (χ0) is 21.0. The predicted molar refractivity (Wildman–Crippen MR) is 124 cm³/mol. The van der Waals surface area contributed by atoms with Crippen LogP contribution in [0.1, 0.15) is 11.3 Å². The van der Waals surface area contributed by atoms with Crippen LogP contribution in [-0.4, -0.2) is 48.5 Å². The van der Waals surface area contributed by atoms with Gasteiger partial charge < -0.3 is 14.5 Å². The molecule has 0 atom stereocenters. The van der Waals surface area contributed by atoms with Crippen molar-refractivity contribution >= 4 is 22.3 Å². The second-order valence-electron chi connectivity index (χ2n) is 7.72. The van der Waals surface area contributed by atoms with Gasteiger partial charge in [0.1, 0.15) is 5.75 Å². The molecule has 0 bridgehead atoms. The van der Waals surface area contributed by atoms with Crippen molar-refractivity contribution in [3.8, 4) is 5.75 Å². The van der Waals surface area contributed by atoms with Crippen molar-refractivity contribution in [1.82, 2.24) is 15.2 Å². The van der Waals surface area contributed by atoms with Crippen LogP contribution in [-0.2, 0) is 6.42 Å². The van der Waals surface area contributed by atoms with E-state index < -0.39 is 0 Å². The van der Waals surface area contributed by atoms with E-state index in [0.29, 0.717) is 0 Å². The Labute approximate surface area is 182 Å². The summed E-state index contributed by atoms with van der Waals surface area (Å²) < 4.78 is 5.27. The number of methoxy groups -OCH3 is 1. The Bertz CT molecular complexity index is 1160. The summed E-state index contributed by atoms with van der Waals surface area (Å²) in [5.74, 6) is 1.86. The van der Waals surface area contributed by atoms with Gasteiger partial charge in [-0.3, -0.25) is 4.98 Å². The summed E-state index contributed by atoms with van der Waals surface area (Å²) in [7, 11) is 1.70. The first-order valence-electron chi connectivity index (χ1n) is 10.6. The van der Waals surface area contributed by atoms with E-state index in [4.69, 9.17) is 4.74 Å². The van der Waals surface area contributed by atoms with Gasteiger partial charge in [0.15, 0.2) is 5.82 Å². The summed E-state index contributed by atoms with van der Waals surface area (Å²) in [5, 5.41) is 11.6. The molecule has 0 amide bonds. The Hall–Kier alpha value is -3.67. The van der Waals surface area contributed by atoms with Crippen LogP contribution in [0.4, 0.5) is 11.5 Å². The van der Waals surface area contributed by atoms with Crippen LogP contribution in [0, 0.1) is 0 Å². The van der Waals surface area contributed by atoms with E-state index in [1.54, 1.807) is 7.11 Å². The third kappa shape index (κ3) is 4.01. The Kier molecular flexibility index (Phi) is 5.35. The highest BCUT2D eigenvalue weighted by Crippen LogP contribution is 2.29. The molecule has 1 aliphatic heterocycles. The Morgan fingerprint density at radius 1 is 0.774 bits per heavy atom. The average molecular weight is 412 g/mol. The average Bonchev–Trinajstić information content (AvgIpc) is 2.85. The maximum absolute atomic E-state index is 5.27. The smallest absolute Gasteiger partial charge is 0.159 e. The highest BCUT2D eigenvalue weighted by molar-refractivity contribution is 5.93. The third-order valence-electron chi connectivity index (χ3n) is 5.88. The molecule has 0 unspecified atom stereocenters. The molecule has 6 nitrogen and oxygen atoms in total. The third-order valence-corrected chi connectivity index (χ3v) is 5.88. The molecule has 156 valence electrons. The lowest BCUT2D eigenvalue weighted by Gasteiger charge is -2.37. The van der Waals surface area contributed by atoms with Crippen LogP contribution < -0.4 is 14.5 Å². The van der Waals surface area contributed by atoms with Crippen molar-refractivity contribution in [1.29, 1.82) is 0 Å². The molecule has 5 rings (SSSR count). The van der Waals surface area contributed by atoms with Gasteiger partial charge in [-0.15, -0.1) is 5.10 Å². The van der Waals surface area contributed by atoms with Crippen LogP contribution in [0.5, 0.6) is 5.75 Å². The number of piperazine rings is 1. The molecule has 1 saturated heterocycles. The summed E-state index contributed by atoms with van der Waals surface area (Å²) in [6.07, 6.45) is 4.39. The fraction of sp³-hybridized carbons (Fsp3) is 0.240. The molecule has 3 heterocycles. The normalized spacial score (nSPS) is 14.1. The highest BCUT2D eigenvalue weighted by atomic mass is 16.5. The van der Waals surface area contributed by atoms with Crippen molar-refractivity contribution in [2.45, 2.75) is 6.42 Å². The fourth-order valence-corrected chi connectivity index (χ4v) is 4.17. The Morgan fingerprint density at radius 2 is 1.45 bits per heavy atom. The van der Waals surface area contributed by atoms with Crippen molar-refractivity contribution in [3.05, 3.63) is 84.3 Å². The van der Waals surface area contributed by atoms with Crippen LogP contribution in [0.15, 0.2) is 73.1 Å². The van der Waals surface area contributed by atoms with Gasteiger partial charge in [-0.1, -0.05) is 24.3 Å². The number of benzene rings is 2. The number of hydrogen-bond acceptors (Lipinski definition) is 6. The van der Waals surface area contributed by atoms with E-state index in [-0.39, 0.29) is 0 Å². The van der Waals surface area contributed by atoms with Gasteiger partial charge in [-0.25, -0.2) is 0 Å². The van der Waals surface area contributed by atoms with Crippen molar-refractivity contribution in [2.24, 2.45) is 0 Å². The van der Waals surface area contributed by atoms with Gasteiger partial charge in [-0.05, 0) is 42.0 Å². The molecule has 1 fully saturated rings. The molecule has 0 radical (unpaired) electrons. The Balaban J connectivity index is 1.36. The monoisotopic (exact) mass is 411 g/mol. The first-order valence-corrected chi connectivity index (χ1v) is 10.6. The van der Waals surface area contributed by atoms with E-state index in [0.717, 1.165) is 49.9 Å². The number of ether oxygens (including phenoxy) is 1. The molecule has 31 heavy (non-hydrogen) atoms. The summed E-state index contributed by atoms with van der Waals surface area (Å²) in [5.41, 5.74) is 3.42. The topological polar surface area (TPSA) is 54.4 Å². The molecule has 6 heteroatoms. The summed E-state index contributed by atoms with van der Waals surface area (Å²) >= 11 is 0. The quantitative estimate of drug-likeness (QED) is 0.496. The first-order chi connectivity index (χ1) is 15.3. The SMILES string of the molecule is COc1ccc(N2CCN(c3nnc(Cc4ccncc4)c4ccccc34)CC2)cc1. The Morgan fingerprint density at radius 3 is 2.16 bits per heavy atom. The molecule has 4 aromatic rings. The number of rotatable bonds is 5. The lowest BCUT2D eigenvalue weighted by Crippen LogP contribution is -2.47. The fourth-order valence-electron chi connectivity index (χ4n) is 4.17. The molecular weight excluding hydrogens is 386 g/mol. The summed E-state index contributed by atoms with van der Waals surface area (Å²) in [6.45, 7) is 3.71. The van der Waals surface area contributed by atoms with Crippen molar-refractivity contribution in [2.75, 3.05) is 43.1 Å². The second-order valence-corrected chi connectivity index (χ2v) is 7.72. The molecule has 2 aromatic carbocycles. The number of fused-ring (bicyclic) bond motifs is 1. The van der Waals surface area contributed by atoms with E-state index in [2.05, 4.69) is 61.4 Å². The van der Waals surface area contributed by atoms with E-state index in [9.17, 15) is 0 Å². The standard InChI is InChI=1S/C25H25N5O/c1-31-21-8-6-20(7-9-21)29-14-16-30(17-15-29)25-23-5-3-2-4-22(23)24(27-28-25)18-19-10-12-26-13-11-19/h2-13H,14-18H2,1H3. The number of pyridine rings is 1. The molecule has 0 spiro atoms. The first kappa shape index (κ1) is 19.3. The van der Waals surface area contributed by atoms with E-state index >= 15 is 0 Å². The van der Waals surface area contributed by atoms with Gasteiger partial charge in [0.2, 0.25) is 0 Å². The molecule has 0 saturated carbocycles. The summed E-state index contributed by atoms with van der Waals surface area (Å²) in [6, 6.07) is 20.8. The predicted octanol–water partition coefficient (Wildman–Crippen LogP) is 3.95. The number of nitrogens with zero attached hydrogens (tertiary/aromatic N) is 5. The zero-order valence-corrected chi connectivity index (χ0v) is 17.6. The van der Waals surface area contributed by atoms with E-state index in [1.807, 2.05) is 36.7 Å². The largest absolute Gasteiger partial charge is 0.497 e. The molecule has 0 N–H and O–H groups in total. The zero-order valence-electron chi connectivity index (χ0n) is 17.6. The lowest BCUT2D eigenvalue weighted by molar-refractivity contribution is 0.415. The maximum atomic E-state index is 5.27. The second kappa shape index (κ2) is 8.60. The van der Waals surface area contributed by atoms with Crippen LogP contribution in [0.2, 0.25) is 0 Å².